The lowest BCUT2D eigenvalue weighted by Gasteiger charge is -2.27. The Morgan fingerprint density at radius 1 is 0.729 bits per heavy atom. The van der Waals surface area contributed by atoms with E-state index < -0.39 is 109 Å². The molecule has 0 saturated carbocycles. The number of amides is 5. The van der Waals surface area contributed by atoms with Crippen LogP contribution in [0.4, 0.5) is 5.69 Å². The summed E-state index contributed by atoms with van der Waals surface area (Å²) in [7, 11) is 0. The van der Waals surface area contributed by atoms with Gasteiger partial charge in [-0.15, -0.1) is 0 Å². The Hall–Kier alpha value is -5.81. The highest BCUT2D eigenvalue weighted by Crippen LogP contribution is 2.21. The van der Waals surface area contributed by atoms with Crippen molar-refractivity contribution in [1.29, 1.82) is 0 Å². The van der Waals surface area contributed by atoms with Gasteiger partial charge in [-0.2, -0.15) is 0 Å². The van der Waals surface area contributed by atoms with Gasteiger partial charge in [-0.3, -0.25) is 38.4 Å². The largest absolute Gasteiger partial charge is 0.481 e. The van der Waals surface area contributed by atoms with Crippen LogP contribution < -0.4 is 32.2 Å². The average Bonchev–Trinajstić information content (AvgIpc) is 2.95. The second-order valence-electron chi connectivity index (χ2n) is 11.2. The highest BCUT2D eigenvalue weighted by Gasteiger charge is 2.34. The molecule has 2 aromatic rings. The van der Waals surface area contributed by atoms with Gasteiger partial charge in [0.1, 0.15) is 29.8 Å². The van der Waals surface area contributed by atoms with Gasteiger partial charge < -0.3 is 46.3 Å². The second-order valence-corrected chi connectivity index (χ2v) is 11.2. The monoisotopic (exact) mass is 675 g/mol. The van der Waals surface area contributed by atoms with Gasteiger partial charge in [0.25, 0.3) is 0 Å². The summed E-state index contributed by atoms with van der Waals surface area (Å²) in [6, 6.07) is -0.645. The van der Waals surface area contributed by atoms with E-state index in [9.17, 15) is 48.3 Å². The molecule has 1 unspecified atom stereocenters. The number of nitrogens with one attached hydrogen (secondary N) is 5. The molecule has 1 heterocycles. The normalized spacial score (nSPS) is 13.4. The van der Waals surface area contributed by atoms with Crippen LogP contribution in [0, 0.1) is 12.8 Å². The van der Waals surface area contributed by atoms with Crippen LogP contribution in [0.2, 0.25) is 0 Å². The summed E-state index contributed by atoms with van der Waals surface area (Å²) in [5.41, 5.74) is 0.264. The number of aliphatic carboxylic acids is 3. The van der Waals surface area contributed by atoms with E-state index >= 15 is 0 Å². The molecule has 1 aromatic carbocycles. The van der Waals surface area contributed by atoms with Crippen molar-refractivity contribution in [2.24, 2.45) is 5.92 Å². The Bertz CT molecular complexity index is 1640. The second kappa shape index (κ2) is 17.2. The van der Waals surface area contributed by atoms with Gasteiger partial charge in [0, 0.05) is 36.6 Å². The van der Waals surface area contributed by atoms with Gasteiger partial charge in [-0.05, 0) is 37.0 Å². The standard InChI is InChI=1S/C30H37N5O13/c1-13(2)26(35-27(44)18(7-8-22(37)38)33-29(46)19(11-23(39)40)31-15(4)36)30(47)34-20(12-24(41)42)28(45)32-16-5-6-17-14(3)9-25(43)48-21(17)10-16/h5-6,9-10,13,18-20,26H,7-8,11-12H2,1-4H3,(H,31,36)(H,32,45)(H,33,46)(H,34,47)(H,35,44)(H,37,38)(H,39,40)(H,41,42)/t18-,19?,20-,26-/m0/s1. The van der Waals surface area contributed by atoms with Crippen molar-refractivity contribution in [3.8, 4) is 0 Å². The van der Waals surface area contributed by atoms with Crippen LogP contribution in [-0.4, -0.2) is 86.9 Å². The molecule has 0 aliphatic carbocycles. The van der Waals surface area contributed by atoms with E-state index in [2.05, 4.69) is 26.6 Å². The van der Waals surface area contributed by atoms with Gasteiger partial charge in [0.15, 0.2) is 0 Å². The molecule has 48 heavy (non-hydrogen) atoms. The number of aryl methyl sites for hydroxylation is 1. The van der Waals surface area contributed by atoms with Crippen LogP contribution in [0.25, 0.3) is 11.0 Å². The van der Waals surface area contributed by atoms with E-state index in [0.717, 1.165) is 6.92 Å². The molecule has 0 aliphatic rings. The lowest BCUT2D eigenvalue weighted by atomic mass is 10.0. The van der Waals surface area contributed by atoms with Crippen molar-refractivity contribution in [3.05, 3.63) is 40.2 Å². The summed E-state index contributed by atoms with van der Waals surface area (Å²) in [5.74, 6) is -9.79. The highest BCUT2D eigenvalue weighted by atomic mass is 16.4. The van der Waals surface area contributed by atoms with Crippen LogP contribution in [0.5, 0.6) is 0 Å². The molecular formula is C30H37N5O13. The number of carbonyl (C=O) groups excluding carboxylic acids is 5. The summed E-state index contributed by atoms with van der Waals surface area (Å²) in [6.45, 7) is 5.73. The zero-order valence-corrected chi connectivity index (χ0v) is 26.4. The quantitative estimate of drug-likeness (QED) is 0.0980. The number of hydrogen-bond acceptors (Lipinski definition) is 10. The molecule has 2 rings (SSSR count). The summed E-state index contributed by atoms with van der Waals surface area (Å²) < 4.78 is 5.16. The Balaban J connectivity index is 2.27. The minimum Gasteiger partial charge on any atom is -0.481 e. The number of fused-ring (bicyclic) bond motifs is 1. The zero-order valence-electron chi connectivity index (χ0n) is 26.4. The Kier molecular flexibility index (Phi) is 13.8. The van der Waals surface area contributed by atoms with Crippen molar-refractivity contribution in [2.75, 3.05) is 5.32 Å². The van der Waals surface area contributed by atoms with Crippen LogP contribution in [0.3, 0.4) is 0 Å². The third-order valence-corrected chi connectivity index (χ3v) is 6.83. The van der Waals surface area contributed by atoms with Crippen molar-refractivity contribution in [2.45, 2.75) is 77.5 Å². The molecule has 4 atom stereocenters. The fourth-order valence-electron chi connectivity index (χ4n) is 4.50. The zero-order chi connectivity index (χ0) is 36.3. The van der Waals surface area contributed by atoms with E-state index in [1.54, 1.807) is 13.0 Å². The first-order valence-electron chi connectivity index (χ1n) is 14.6. The van der Waals surface area contributed by atoms with Gasteiger partial charge in [-0.25, -0.2) is 4.79 Å². The van der Waals surface area contributed by atoms with Gasteiger partial charge in [0.05, 0.1) is 12.8 Å². The number of hydrogen-bond donors (Lipinski definition) is 8. The maximum Gasteiger partial charge on any atom is 0.336 e. The Morgan fingerprint density at radius 3 is 1.83 bits per heavy atom. The minimum atomic E-state index is -1.66. The third kappa shape index (κ3) is 11.8. The molecule has 8 N–H and O–H groups in total. The Morgan fingerprint density at radius 2 is 1.29 bits per heavy atom. The summed E-state index contributed by atoms with van der Waals surface area (Å²) >= 11 is 0. The van der Waals surface area contributed by atoms with Crippen molar-refractivity contribution < 1.29 is 58.1 Å². The van der Waals surface area contributed by atoms with Gasteiger partial charge >= 0.3 is 23.5 Å². The van der Waals surface area contributed by atoms with E-state index in [-0.39, 0.29) is 11.3 Å². The summed E-state index contributed by atoms with van der Waals surface area (Å²) in [5, 5.41) is 39.7. The lowest BCUT2D eigenvalue weighted by molar-refractivity contribution is -0.142. The summed E-state index contributed by atoms with van der Waals surface area (Å²) in [6.07, 6.45) is -2.84. The topological polar surface area (TPSA) is 288 Å². The van der Waals surface area contributed by atoms with Gasteiger partial charge in [-0.1, -0.05) is 13.8 Å². The fourth-order valence-corrected chi connectivity index (χ4v) is 4.50. The number of benzene rings is 1. The molecule has 5 amide bonds. The SMILES string of the molecule is CC(=O)NC(CC(=O)O)C(=O)N[C@@H](CCC(=O)O)C(=O)N[C@H](C(=O)N[C@@H](CC(=O)O)C(=O)Nc1ccc2c(C)cc(=O)oc2c1)C(C)C. The molecule has 0 spiro atoms. The van der Waals surface area contributed by atoms with E-state index in [4.69, 9.17) is 14.6 Å². The highest BCUT2D eigenvalue weighted by molar-refractivity contribution is 6.01. The third-order valence-electron chi connectivity index (χ3n) is 6.83. The number of carboxylic acids is 3. The molecule has 18 nitrogen and oxygen atoms in total. The molecule has 0 saturated heterocycles. The number of carboxylic acid groups (broad SMARTS) is 3. The van der Waals surface area contributed by atoms with Crippen LogP contribution in [0.15, 0.2) is 33.5 Å². The lowest BCUT2D eigenvalue weighted by Crippen LogP contribution is -2.59. The average molecular weight is 676 g/mol. The molecule has 0 aliphatic heterocycles. The number of carbonyl (C=O) groups is 8. The molecule has 0 fully saturated rings. The number of anilines is 1. The molecule has 1 aromatic heterocycles. The van der Waals surface area contributed by atoms with Crippen molar-refractivity contribution in [1.82, 2.24) is 21.3 Å². The van der Waals surface area contributed by atoms with Gasteiger partial charge in [0.2, 0.25) is 29.5 Å². The van der Waals surface area contributed by atoms with E-state index in [1.165, 1.54) is 32.0 Å². The number of rotatable bonds is 17. The van der Waals surface area contributed by atoms with Crippen molar-refractivity contribution >= 4 is 64.1 Å². The molecule has 260 valence electrons. The van der Waals surface area contributed by atoms with Crippen LogP contribution >= 0.6 is 0 Å². The molecular weight excluding hydrogens is 638 g/mol. The molecule has 0 bridgehead atoms. The fraction of sp³-hybridized carbons (Fsp3) is 0.433. The predicted molar refractivity (Wildman–Crippen MR) is 165 cm³/mol. The van der Waals surface area contributed by atoms with Crippen LogP contribution in [-0.2, 0) is 38.4 Å². The first-order chi connectivity index (χ1) is 22.4. The first kappa shape index (κ1) is 38.4. The van der Waals surface area contributed by atoms with Crippen LogP contribution in [0.1, 0.15) is 52.0 Å². The maximum atomic E-state index is 13.3. The first-order valence-corrected chi connectivity index (χ1v) is 14.6. The minimum absolute atomic E-state index is 0.122. The molecule has 18 heteroatoms. The van der Waals surface area contributed by atoms with Crippen molar-refractivity contribution in [3.63, 3.8) is 0 Å². The summed E-state index contributed by atoms with van der Waals surface area (Å²) in [4.78, 5) is 110. The molecule has 0 radical (unpaired) electrons. The Labute approximate surface area is 272 Å². The van der Waals surface area contributed by atoms with E-state index in [1.807, 2.05) is 0 Å². The predicted octanol–water partition coefficient (Wildman–Crippen LogP) is -0.531. The maximum absolute atomic E-state index is 13.3. The van der Waals surface area contributed by atoms with E-state index in [0.29, 0.717) is 10.9 Å². The smallest absolute Gasteiger partial charge is 0.336 e.